The fourth-order valence-electron chi connectivity index (χ4n) is 4.47. The second-order valence-corrected chi connectivity index (χ2v) is 11.3. The monoisotopic (exact) mass is 563 g/mol. The van der Waals surface area contributed by atoms with E-state index in [1.165, 1.54) is 0 Å². The number of para-hydroxylation sites is 1. The molecule has 10 heteroatoms. The number of alkyl carbamates (subject to hydrolysis) is 1. The second kappa shape index (κ2) is 13.8. The van der Waals surface area contributed by atoms with Crippen LogP contribution in [0.3, 0.4) is 0 Å². The van der Waals surface area contributed by atoms with Crippen LogP contribution in [0.1, 0.15) is 52.2 Å². The molecule has 10 nitrogen and oxygen atoms in total. The molecule has 4 atom stereocenters. The van der Waals surface area contributed by atoms with Gasteiger partial charge in [0.25, 0.3) is 0 Å². The highest BCUT2D eigenvalue weighted by Crippen LogP contribution is 2.20. The van der Waals surface area contributed by atoms with Crippen LogP contribution in [0.5, 0.6) is 0 Å². The van der Waals surface area contributed by atoms with Gasteiger partial charge >= 0.3 is 6.09 Å². The van der Waals surface area contributed by atoms with E-state index in [0.29, 0.717) is 6.42 Å². The maximum absolute atomic E-state index is 13.7. The number of aromatic nitrogens is 1. The Labute approximate surface area is 240 Å². The molecule has 0 saturated carbocycles. The Kier molecular flexibility index (Phi) is 10.5. The van der Waals surface area contributed by atoms with Crippen LogP contribution in [0.15, 0.2) is 60.8 Å². The van der Waals surface area contributed by atoms with E-state index in [9.17, 15) is 19.2 Å². The fraction of sp³-hybridized carbons (Fsp3) is 0.419. The first-order chi connectivity index (χ1) is 19.4. The molecular formula is C31H41N5O5. The molecule has 0 aliphatic heterocycles. The molecular weight excluding hydrogens is 522 g/mol. The summed E-state index contributed by atoms with van der Waals surface area (Å²) in [6, 6.07) is 13.9. The number of hydrogen-bond acceptors (Lipinski definition) is 5. The molecule has 6 N–H and O–H groups in total. The van der Waals surface area contributed by atoms with E-state index < -0.39 is 47.5 Å². The zero-order chi connectivity index (χ0) is 30.2. The lowest BCUT2D eigenvalue weighted by atomic mass is 9.96. The number of amides is 4. The Morgan fingerprint density at radius 3 is 2.17 bits per heavy atom. The van der Waals surface area contributed by atoms with Crippen LogP contribution in [0.4, 0.5) is 4.79 Å². The molecule has 0 aliphatic carbocycles. The molecule has 0 aliphatic rings. The average Bonchev–Trinajstić information content (AvgIpc) is 3.32. The highest BCUT2D eigenvalue weighted by atomic mass is 16.6. The minimum atomic E-state index is -1.04. The van der Waals surface area contributed by atoms with Crippen LogP contribution in [-0.2, 0) is 32.0 Å². The molecule has 1 aromatic heterocycles. The summed E-state index contributed by atoms with van der Waals surface area (Å²) in [6.45, 7) is 8.92. The summed E-state index contributed by atoms with van der Waals surface area (Å²) in [7, 11) is 0. The zero-order valence-electron chi connectivity index (χ0n) is 24.3. The highest BCUT2D eigenvalue weighted by Gasteiger charge is 2.33. The third-order valence-electron chi connectivity index (χ3n) is 6.84. The van der Waals surface area contributed by atoms with Crippen molar-refractivity contribution in [2.24, 2.45) is 11.7 Å². The van der Waals surface area contributed by atoms with Crippen molar-refractivity contribution >= 4 is 34.7 Å². The summed E-state index contributed by atoms with van der Waals surface area (Å²) >= 11 is 0. The number of primary amides is 1. The van der Waals surface area contributed by atoms with E-state index in [1.807, 2.05) is 68.4 Å². The molecule has 0 fully saturated rings. The van der Waals surface area contributed by atoms with Gasteiger partial charge < -0.3 is 31.4 Å². The Morgan fingerprint density at radius 1 is 0.878 bits per heavy atom. The smallest absolute Gasteiger partial charge is 0.408 e. The summed E-state index contributed by atoms with van der Waals surface area (Å²) in [4.78, 5) is 55.3. The van der Waals surface area contributed by atoms with Crippen molar-refractivity contribution in [1.29, 1.82) is 0 Å². The van der Waals surface area contributed by atoms with Gasteiger partial charge in [0.2, 0.25) is 17.7 Å². The molecule has 4 unspecified atom stereocenters. The van der Waals surface area contributed by atoms with Gasteiger partial charge in [-0.15, -0.1) is 0 Å². The first-order valence-corrected chi connectivity index (χ1v) is 13.9. The predicted octanol–water partition coefficient (Wildman–Crippen LogP) is 3.35. The molecule has 0 spiro atoms. The van der Waals surface area contributed by atoms with E-state index in [4.69, 9.17) is 10.5 Å². The first kappa shape index (κ1) is 31.2. The van der Waals surface area contributed by atoms with Gasteiger partial charge in [-0.1, -0.05) is 68.8 Å². The van der Waals surface area contributed by atoms with Gasteiger partial charge in [-0.25, -0.2) is 4.79 Å². The van der Waals surface area contributed by atoms with E-state index in [0.717, 1.165) is 22.0 Å². The number of aromatic amines is 1. The summed E-state index contributed by atoms with van der Waals surface area (Å²) in [5.74, 6) is -2.05. The third-order valence-corrected chi connectivity index (χ3v) is 6.84. The molecule has 2 aromatic carbocycles. The third kappa shape index (κ3) is 9.09. The number of carbonyl (C=O) groups is 4. The lowest BCUT2D eigenvalue weighted by Crippen LogP contribution is -2.59. The average molecular weight is 564 g/mol. The molecule has 220 valence electrons. The highest BCUT2D eigenvalue weighted by molar-refractivity contribution is 5.94. The van der Waals surface area contributed by atoms with Crippen LogP contribution in [0.2, 0.25) is 0 Å². The zero-order valence-corrected chi connectivity index (χ0v) is 24.3. The van der Waals surface area contributed by atoms with E-state index in [2.05, 4.69) is 20.9 Å². The van der Waals surface area contributed by atoms with Crippen molar-refractivity contribution < 1.29 is 23.9 Å². The molecule has 4 amide bonds. The summed E-state index contributed by atoms with van der Waals surface area (Å²) < 4.78 is 5.41. The summed E-state index contributed by atoms with van der Waals surface area (Å²) in [5, 5.41) is 9.13. The molecule has 0 saturated heterocycles. The molecule has 0 radical (unpaired) electrons. The van der Waals surface area contributed by atoms with E-state index in [-0.39, 0.29) is 18.8 Å². The lowest BCUT2D eigenvalue weighted by molar-refractivity contribution is -0.133. The summed E-state index contributed by atoms with van der Waals surface area (Å²) in [5.41, 5.74) is 7.39. The number of nitrogens with one attached hydrogen (secondary N) is 4. The van der Waals surface area contributed by atoms with Crippen molar-refractivity contribution in [2.75, 3.05) is 0 Å². The van der Waals surface area contributed by atoms with E-state index >= 15 is 0 Å². The van der Waals surface area contributed by atoms with Crippen molar-refractivity contribution in [3.05, 3.63) is 71.9 Å². The Hall–Kier alpha value is -4.34. The number of nitrogens with two attached hydrogens (primary N) is 1. The topological polar surface area (TPSA) is 155 Å². The lowest BCUT2D eigenvalue weighted by Gasteiger charge is -2.28. The van der Waals surface area contributed by atoms with Gasteiger partial charge in [0.1, 0.15) is 23.7 Å². The fourth-order valence-corrected chi connectivity index (χ4v) is 4.47. The van der Waals surface area contributed by atoms with Crippen molar-refractivity contribution in [3.8, 4) is 0 Å². The van der Waals surface area contributed by atoms with Gasteiger partial charge in [-0.05, 0) is 43.9 Å². The Bertz CT molecular complexity index is 1350. The minimum absolute atomic E-state index is 0.155. The van der Waals surface area contributed by atoms with Gasteiger partial charge in [-0.2, -0.15) is 0 Å². The van der Waals surface area contributed by atoms with Crippen LogP contribution in [0, 0.1) is 5.92 Å². The minimum Gasteiger partial charge on any atom is -0.444 e. The number of rotatable bonds is 12. The van der Waals surface area contributed by atoms with Crippen LogP contribution < -0.4 is 21.7 Å². The van der Waals surface area contributed by atoms with Gasteiger partial charge in [0.05, 0.1) is 0 Å². The number of benzene rings is 2. The van der Waals surface area contributed by atoms with Crippen LogP contribution >= 0.6 is 0 Å². The van der Waals surface area contributed by atoms with Crippen molar-refractivity contribution in [1.82, 2.24) is 20.9 Å². The number of hydrogen-bond donors (Lipinski definition) is 5. The number of ether oxygens (including phenoxy) is 1. The molecule has 0 bridgehead atoms. The van der Waals surface area contributed by atoms with Gasteiger partial charge in [0, 0.05) is 29.9 Å². The maximum Gasteiger partial charge on any atom is 0.408 e. The van der Waals surface area contributed by atoms with Crippen molar-refractivity contribution in [2.45, 2.75) is 77.6 Å². The van der Waals surface area contributed by atoms with E-state index in [1.54, 1.807) is 27.0 Å². The SMILES string of the molecule is CCC(C)C(NC(=O)C(Cc1c[nH]c2ccccc12)NC(=O)OC(C)(C)C)C(=O)NC(Cc1ccccc1)C(N)=O. The van der Waals surface area contributed by atoms with Crippen LogP contribution in [-0.4, -0.2) is 52.5 Å². The Balaban J connectivity index is 1.82. The quantitative estimate of drug-likeness (QED) is 0.229. The Morgan fingerprint density at radius 2 is 1.54 bits per heavy atom. The van der Waals surface area contributed by atoms with Crippen LogP contribution in [0.25, 0.3) is 10.9 Å². The standard InChI is InChI=1S/C31H41N5O5/c1-6-19(2)26(29(39)34-24(27(32)37)16-20-12-8-7-9-13-20)36-28(38)25(35-30(40)41-31(3,4)5)17-21-18-33-23-15-11-10-14-22(21)23/h7-15,18-19,24-26,33H,6,16-17H2,1-5H3,(H2,32,37)(H,34,39)(H,35,40)(H,36,38). The number of fused-ring (bicyclic) bond motifs is 1. The summed E-state index contributed by atoms with van der Waals surface area (Å²) in [6.07, 6.45) is 1.99. The molecule has 41 heavy (non-hydrogen) atoms. The number of H-pyrrole nitrogens is 1. The molecule has 3 rings (SSSR count). The van der Waals surface area contributed by atoms with Gasteiger partial charge in [0.15, 0.2) is 0 Å². The molecule has 1 heterocycles. The normalized spacial score (nSPS) is 14.4. The van der Waals surface area contributed by atoms with Gasteiger partial charge in [-0.3, -0.25) is 14.4 Å². The largest absolute Gasteiger partial charge is 0.444 e. The maximum atomic E-state index is 13.7. The molecule has 3 aromatic rings. The number of carbonyl (C=O) groups excluding carboxylic acids is 4. The first-order valence-electron chi connectivity index (χ1n) is 13.9. The second-order valence-electron chi connectivity index (χ2n) is 11.3. The predicted molar refractivity (Wildman–Crippen MR) is 158 cm³/mol. The van der Waals surface area contributed by atoms with Crippen molar-refractivity contribution in [3.63, 3.8) is 0 Å².